The molecule has 15 heavy (non-hydrogen) atoms. The fourth-order valence-corrected chi connectivity index (χ4v) is 1.67. The van der Waals surface area contributed by atoms with E-state index in [1.165, 1.54) is 31.3 Å². The van der Waals surface area contributed by atoms with Crippen LogP contribution < -0.4 is 0 Å². The molecule has 0 atom stereocenters. The van der Waals surface area contributed by atoms with E-state index in [0.717, 1.165) is 26.1 Å². The van der Waals surface area contributed by atoms with Gasteiger partial charge < -0.3 is 4.74 Å². The van der Waals surface area contributed by atoms with Crippen LogP contribution in [0.5, 0.6) is 0 Å². The normalized spacial score (nSPS) is 15.6. The lowest BCUT2D eigenvalue weighted by molar-refractivity contribution is 0.149. The summed E-state index contributed by atoms with van der Waals surface area (Å²) >= 11 is 0. The molecule has 0 fully saturated rings. The van der Waals surface area contributed by atoms with Gasteiger partial charge in [-0.3, -0.25) is 0 Å². The number of azide groups is 1. The van der Waals surface area contributed by atoms with Gasteiger partial charge in [0, 0.05) is 18.1 Å². The van der Waals surface area contributed by atoms with Crippen molar-refractivity contribution >= 4 is 0 Å². The molecule has 1 rings (SSSR count). The van der Waals surface area contributed by atoms with Crippen LogP contribution in [0.1, 0.15) is 38.5 Å². The number of hydrogen-bond acceptors (Lipinski definition) is 2. The van der Waals surface area contributed by atoms with Gasteiger partial charge in [0.2, 0.25) is 0 Å². The predicted molar refractivity (Wildman–Crippen MR) is 60.6 cm³/mol. The third kappa shape index (κ3) is 6.15. The molecule has 0 radical (unpaired) electrons. The topological polar surface area (TPSA) is 58.0 Å². The molecule has 0 N–H and O–H groups in total. The minimum atomic E-state index is 0.586. The minimum absolute atomic E-state index is 0.586. The first kappa shape index (κ1) is 12.1. The average molecular weight is 209 g/mol. The minimum Gasteiger partial charge on any atom is -0.377 e. The highest BCUT2D eigenvalue weighted by Crippen LogP contribution is 2.17. The first-order valence-corrected chi connectivity index (χ1v) is 5.70. The Morgan fingerprint density at radius 1 is 1.40 bits per heavy atom. The van der Waals surface area contributed by atoms with Crippen LogP contribution in [0.15, 0.2) is 16.8 Å². The molecule has 0 amide bonds. The number of allylic oxidation sites excluding steroid dienone is 1. The molecule has 0 aromatic carbocycles. The van der Waals surface area contributed by atoms with Crippen molar-refractivity contribution in [1.29, 1.82) is 0 Å². The van der Waals surface area contributed by atoms with Gasteiger partial charge >= 0.3 is 0 Å². The van der Waals surface area contributed by atoms with Crippen LogP contribution in [0.25, 0.3) is 10.4 Å². The van der Waals surface area contributed by atoms with E-state index in [1.807, 2.05) is 0 Å². The number of unbranched alkanes of at least 4 members (excludes halogenated alkanes) is 1. The summed E-state index contributed by atoms with van der Waals surface area (Å²) in [6, 6.07) is 0. The van der Waals surface area contributed by atoms with Crippen molar-refractivity contribution in [3.8, 4) is 0 Å². The molecule has 4 heteroatoms. The van der Waals surface area contributed by atoms with Gasteiger partial charge in [0.1, 0.15) is 0 Å². The monoisotopic (exact) mass is 209 g/mol. The third-order valence-electron chi connectivity index (χ3n) is 2.53. The standard InChI is InChI=1S/C11H19N3O/c12-14-13-8-4-5-9-15-10-11-6-2-1-3-7-11/h6H,1-5,7-10H2. The van der Waals surface area contributed by atoms with E-state index in [1.54, 1.807) is 0 Å². The summed E-state index contributed by atoms with van der Waals surface area (Å²) in [5.74, 6) is 0. The molecule has 0 bridgehead atoms. The van der Waals surface area contributed by atoms with Crippen molar-refractivity contribution < 1.29 is 4.74 Å². The van der Waals surface area contributed by atoms with Gasteiger partial charge in [0.15, 0.2) is 0 Å². The number of hydrogen-bond donors (Lipinski definition) is 0. The van der Waals surface area contributed by atoms with Crippen molar-refractivity contribution in [2.75, 3.05) is 19.8 Å². The molecular formula is C11H19N3O. The van der Waals surface area contributed by atoms with E-state index >= 15 is 0 Å². The molecule has 4 nitrogen and oxygen atoms in total. The summed E-state index contributed by atoms with van der Waals surface area (Å²) < 4.78 is 5.55. The molecule has 84 valence electrons. The Bertz CT molecular complexity index is 244. The van der Waals surface area contributed by atoms with Crippen molar-refractivity contribution in [2.24, 2.45) is 5.11 Å². The van der Waals surface area contributed by atoms with Crippen LogP contribution >= 0.6 is 0 Å². The van der Waals surface area contributed by atoms with Crippen molar-refractivity contribution in [2.45, 2.75) is 38.5 Å². The van der Waals surface area contributed by atoms with Crippen molar-refractivity contribution in [3.05, 3.63) is 22.1 Å². The summed E-state index contributed by atoms with van der Waals surface area (Å²) in [5, 5.41) is 3.47. The molecule has 0 unspecified atom stereocenters. The molecule has 0 heterocycles. The van der Waals surface area contributed by atoms with E-state index in [-0.39, 0.29) is 0 Å². The number of ether oxygens (including phenoxy) is 1. The second-order valence-corrected chi connectivity index (χ2v) is 3.82. The van der Waals surface area contributed by atoms with Crippen LogP contribution in [0.4, 0.5) is 0 Å². The Hall–Kier alpha value is -0.990. The Balaban J connectivity index is 1.92. The zero-order valence-electron chi connectivity index (χ0n) is 9.19. The van der Waals surface area contributed by atoms with E-state index < -0.39 is 0 Å². The summed E-state index contributed by atoms with van der Waals surface area (Å²) in [6.07, 6.45) is 9.27. The third-order valence-corrected chi connectivity index (χ3v) is 2.53. The molecule has 0 saturated carbocycles. The van der Waals surface area contributed by atoms with Gasteiger partial charge in [-0.05, 0) is 49.6 Å². The Kier molecular flexibility index (Phi) is 6.71. The fraction of sp³-hybridized carbons (Fsp3) is 0.818. The first-order chi connectivity index (χ1) is 7.43. The average Bonchev–Trinajstić information content (AvgIpc) is 2.29. The smallest absolute Gasteiger partial charge is 0.0676 e. The molecular weight excluding hydrogens is 190 g/mol. The van der Waals surface area contributed by atoms with Gasteiger partial charge in [-0.25, -0.2) is 0 Å². The van der Waals surface area contributed by atoms with Gasteiger partial charge in [0.05, 0.1) is 6.61 Å². The summed E-state index contributed by atoms with van der Waals surface area (Å²) in [4.78, 5) is 2.70. The van der Waals surface area contributed by atoms with E-state index in [2.05, 4.69) is 16.1 Å². The fourth-order valence-electron chi connectivity index (χ4n) is 1.67. The lowest BCUT2D eigenvalue weighted by atomic mass is 10.0. The highest BCUT2D eigenvalue weighted by molar-refractivity contribution is 5.05. The van der Waals surface area contributed by atoms with E-state index in [9.17, 15) is 0 Å². The van der Waals surface area contributed by atoms with Gasteiger partial charge in [-0.1, -0.05) is 11.2 Å². The largest absolute Gasteiger partial charge is 0.377 e. The van der Waals surface area contributed by atoms with Crippen LogP contribution in [0, 0.1) is 0 Å². The SMILES string of the molecule is [N-]=[N+]=NCCCCOCC1=CCCCC1. The van der Waals surface area contributed by atoms with Crippen molar-refractivity contribution in [3.63, 3.8) is 0 Å². The maximum absolute atomic E-state index is 8.06. The Morgan fingerprint density at radius 3 is 3.07 bits per heavy atom. The highest BCUT2D eigenvalue weighted by atomic mass is 16.5. The summed E-state index contributed by atoms with van der Waals surface area (Å²) in [7, 11) is 0. The van der Waals surface area contributed by atoms with Crippen LogP contribution in [0.3, 0.4) is 0 Å². The summed E-state index contributed by atoms with van der Waals surface area (Å²) in [5.41, 5.74) is 9.51. The van der Waals surface area contributed by atoms with Crippen molar-refractivity contribution in [1.82, 2.24) is 0 Å². The van der Waals surface area contributed by atoms with Gasteiger partial charge in [-0.15, -0.1) is 0 Å². The first-order valence-electron chi connectivity index (χ1n) is 5.70. The maximum atomic E-state index is 8.06. The quantitative estimate of drug-likeness (QED) is 0.208. The Labute approximate surface area is 90.9 Å². The zero-order valence-corrected chi connectivity index (χ0v) is 9.19. The maximum Gasteiger partial charge on any atom is 0.0676 e. The molecule has 1 aliphatic rings. The molecule has 0 saturated heterocycles. The zero-order chi connectivity index (χ0) is 10.8. The molecule has 0 aromatic heterocycles. The van der Waals surface area contributed by atoms with E-state index in [0.29, 0.717) is 6.54 Å². The van der Waals surface area contributed by atoms with Crippen LogP contribution in [0.2, 0.25) is 0 Å². The highest BCUT2D eigenvalue weighted by Gasteiger charge is 2.02. The predicted octanol–water partition coefficient (Wildman–Crippen LogP) is 3.59. The second kappa shape index (κ2) is 8.33. The number of rotatable bonds is 7. The lowest BCUT2D eigenvalue weighted by Gasteiger charge is -2.12. The summed E-state index contributed by atoms with van der Waals surface area (Å²) in [6.45, 7) is 2.16. The van der Waals surface area contributed by atoms with Gasteiger partial charge in [0.25, 0.3) is 0 Å². The Morgan fingerprint density at radius 2 is 2.33 bits per heavy atom. The van der Waals surface area contributed by atoms with Crippen LogP contribution in [-0.2, 0) is 4.74 Å². The molecule has 1 aliphatic carbocycles. The second-order valence-electron chi connectivity index (χ2n) is 3.82. The lowest BCUT2D eigenvalue weighted by Crippen LogP contribution is -2.03. The van der Waals surface area contributed by atoms with Gasteiger partial charge in [-0.2, -0.15) is 0 Å². The molecule has 0 aromatic rings. The van der Waals surface area contributed by atoms with Crippen LogP contribution in [-0.4, -0.2) is 19.8 Å². The molecule has 0 aliphatic heterocycles. The van der Waals surface area contributed by atoms with E-state index in [4.69, 9.17) is 10.3 Å². The number of nitrogens with zero attached hydrogens (tertiary/aromatic N) is 3. The molecule has 0 spiro atoms.